The third-order valence-electron chi connectivity index (χ3n) is 7.93. The number of likely N-dealkylation sites (tertiary alicyclic amines) is 1. The summed E-state index contributed by atoms with van der Waals surface area (Å²) in [7, 11) is -3.60. The number of rotatable bonds is 9. The maximum Gasteiger partial charge on any atom is 0.490 e. The largest absolute Gasteiger partial charge is 0.494 e. The molecule has 262 valence electrons. The van der Waals surface area contributed by atoms with Crippen LogP contribution < -0.4 is 15.8 Å². The van der Waals surface area contributed by atoms with Crippen molar-refractivity contribution in [2.75, 3.05) is 24.2 Å². The number of aromatic nitrogens is 1. The molecule has 2 heterocycles. The predicted molar refractivity (Wildman–Crippen MR) is 176 cm³/mol. The van der Waals surface area contributed by atoms with Crippen LogP contribution in [0.2, 0.25) is 0 Å². The van der Waals surface area contributed by atoms with Crippen LogP contribution in [0.15, 0.2) is 77.8 Å². The molecule has 2 atom stereocenters. The summed E-state index contributed by atoms with van der Waals surface area (Å²) in [5.41, 5.74) is 7.33. The SMILES string of the molecule is CCOc1ccc(F)c([C@@H](Nc2ccc3c(N)nccc3c2)C(=O)N2CCC[C@@H]2c2ccccc2S(=O)(=O)C(C)C)c1.O=C(O)C(F)(F)F. The lowest BCUT2D eigenvalue weighted by Gasteiger charge is -2.31. The van der Waals surface area contributed by atoms with Crippen molar-refractivity contribution in [3.8, 4) is 5.75 Å². The number of aliphatic carboxylic acids is 1. The topological polar surface area (TPSA) is 152 Å². The van der Waals surface area contributed by atoms with Crippen molar-refractivity contribution in [3.05, 3.63) is 89.9 Å². The zero-order chi connectivity index (χ0) is 36.1. The number of anilines is 2. The first-order chi connectivity index (χ1) is 23.1. The average molecular weight is 705 g/mol. The molecule has 0 spiro atoms. The third kappa shape index (κ3) is 8.39. The van der Waals surface area contributed by atoms with Gasteiger partial charge in [0.1, 0.15) is 23.4 Å². The number of halogens is 4. The number of carboxylic acids is 1. The van der Waals surface area contributed by atoms with Gasteiger partial charge in [-0.25, -0.2) is 22.6 Å². The number of carboxylic acid groups (broad SMARTS) is 1. The Bertz CT molecular complexity index is 1940. The van der Waals surface area contributed by atoms with Crippen LogP contribution in [0.5, 0.6) is 5.75 Å². The van der Waals surface area contributed by atoms with Gasteiger partial charge in [-0.2, -0.15) is 13.2 Å². The van der Waals surface area contributed by atoms with Crippen LogP contribution in [-0.4, -0.2) is 59.9 Å². The minimum Gasteiger partial charge on any atom is -0.494 e. The van der Waals surface area contributed by atoms with Crippen LogP contribution in [-0.2, 0) is 19.4 Å². The van der Waals surface area contributed by atoms with E-state index in [1.807, 2.05) is 19.1 Å². The summed E-state index contributed by atoms with van der Waals surface area (Å²) in [6, 6.07) is 16.8. The Morgan fingerprint density at radius 2 is 1.80 bits per heavy atom. The number of nitrogens with one attached hydrogen (secondary N) is 1. The van der Waals surface area contributed by atoms with Crippen LogP contribution in [0.4, 0.5) is 29.1 Å². The highest BCUT2D eigenvalue weighted by Crippen LogP contribution is 2.39. The van der Waals surface area contributed by atoms with Crippen molar-refractivity contribution < 1.29 is 45.4 Å². The van der Waals surface area contributed by atoms with E-state index in [1.54, 1.807) is 67.4 Å². The number of amides is 1. The van der Waals surface area contributed by atoms with Gasteiger partial charge in [0.15, 0.2) is 9.84 Å². The molecule has 1 aliphatic rings. The van der Waals surface area contributed by atoms with Crippen molar-refractivity contribution in [1.82, 2.24) is 9.88 Å². The molecular weight excluding hydrogens is 668 g/mol. The lowest BCUT2D eigenvalue weighted by Crippen LogP contribution is -2.38. The molecule has 0 aliphatic carbocycles. The van der Waals surface area contributed by atoms with Crippen molar-refractivity contribution in [3.63, 3.8) is 0 Å². The number of carbonyl (C=O) groups excluding carboxylic acids is 1. The third-order valence-corrected chi connectivity index (χ3v) is 10.2. The molecule has 10 nitrogen and oxygen atoms in total. The van der Waals surface area contributed by atoms with E-state index in [2.05, 4.69) is 10.3 Å². The summed E-state index contributed by atoms with van der Waals surface area (Å²) in [5, 5.41) is 11.3. The van der Waals surface area contributed by atoms with Crippen molar-refractivity contribution in [2.24, 2.45) is 0 Å². The highest BCUT2D eigenvalue weighted by Gasteiger charge is 2.39. The minimum atomic E-state index is -5.08. The molecule has 0 saturated carbocycles. The standard InChI is InChI=1S/C32H35FN4O4S.C2HF3O2/c1-4-41-23-12-14-27(33)26(19-23)30(36-22-11-13-24-21(18-22)15-16-35-31(24)34)32(38)37-17-7-9-28(37)25-8-5-6-10-29(25)42(39,40)20(2)3;3-2(4,5)1(6)7/h5-6,8,10-16,18-20,28,30,36H,4,7,9,17H2,1-3H3,(H2,34,35);(H,6,7)/t28-,30-;/m1./s1. The first-order valence-corrected chi connectivity index (χ1v) is 16.9. The van der Waals surface area contributed by atoms with Crippen LogP contribution in [0, 0.1) is 5.82 Å². The number of fused-ring (bicyclic) bond motifs is 1. The van der Waals surface area contributed by atoms with E-state index >= 15 is 4.39 Å². The maximum absolute atomic E-state index is 15.5. The summed E-state index contributed by atoms with van der Waals surface area (Å²) in [6.07, 6.45) is -2.21. The lowest BCUT2D eigenvalue weighted by molar-refractivity contribution is -0.192. The number of ether oxygens (including phenoxy) is 1. The quantitative estimate of drug-likeness (QED) is 0.162. The molecule has 4 N–H and O–H groups in total. The molecule has 0 radical (unpaired) electrons. The van der Waals surface area contributed by atoms with Crippen LogP contribution in [0.3, 0.4) is 0 Å². The van der Waals surface area contributed by atoms with Gasteiger partial charge in [0, 0.05) is 29.4 Å². The molecule has 1 aromatic heterocycles. The normalized spacial score (nSPS) is 15.4. The van der Waals surface area contributed by atoms with E-state index < -0.39 is 45.1 Å². The summed E-state index contributed by atoms with van der Waals surface area (Å²) < 4.78 is 79.4. The number of carbonyl (C=O) groups is 2. The van der Waals surface area contributed by atoms with Gasteiger partial charge in [-0.05, 0) is 93.1 Å². The summed E-state index contributed by atoms with van der Waals surface area (Å²) >= 11 is 0. The van der Waals surface area contributed by atoms with Crippen LogP contribution >= 0.6 is 0 Å². The maximum atomic E-state index is 15.5. The Balaban J connectivity index is 0.000000698. The fraction of sp³-hybridized carbons (Fsp3) is 0.324. The zero-order valence-corrected chi connectivity index (χ0v) is 27.7. The molecule has 1 amide bonds. The second-order valence-electron chi connectivity index (χ2n) is 11.4. The monoisotopic (exact) mass is 704 g/mol. The second kappa shape index (κ2) is 15.1. The Kier molecular flexibility index (Phi) is 11.4. The van der Waals surface area contributed by atoms with Crippen LogP contribution in [0.1, 0.15) is 56.8 Å². The van der Waals surface area contributed by atoms with Gasteiger partial charge >= 0.3 is 12.1 Å². The number of nitrogens with zero attached hydrogens (tertiary/aromatic N) is 2. The zero-order valence-electron chi connectivity index (χ0n) is 26.9. The first-order valence-electron chi connectivity index (χ1n) is 15.3. The van der Waals surface area contributed by atoms with Gasteiger partial charge in [0.25, 0.3) is 0 Å². The molecule has 3 aromatic carbocycles. The summed E-state index contributed by atoms with van der Waals surface area (Å²) in [4.78, 5) is 29.4. The first kappa shape index (κ1) is 36.9. The fourth-order valence-corrected chi connectivity index (χ4v) is 6.83. The number of hydrogen-bond acceptors (Lipinski definition) is 8. The Morgan fingerprint density at radius 3 is 2.45 bits per heavy atom. The van der Waals surface area contributed by atoms with E-state index in [0.717, 1.165) is 10.8 Å². The van der Waals surface area contributed by atoms with Gasteiger partial charge in [-0.1, -0.05) is 18.2 Å². The van der Waals surface area contributed by atoms with Gasteiger partial charge in [0.2, 0.25) is 5.91 Å². The molecule has 49 heavy (non-hydrogen) atoms. The number of pyridine rings is 1. The molecule has 0 unspecified atom stereocenters. The molecule has 15 heteroatoms. The van der Waals surface area contributed by atoms with E-state index in [-0.39, 0.29) is 16.4 Å². The summed E-state index contributed by atoms with van der Waals surface area (Å²) in [5.74, 6) is -2.85. The Labute approximate surface area is 280 Å². The predicted octanol–water partition coefficient (Wildman–Crippen LogP) is 6.69. The van der Waals surface area contributed by atoms with Gasteiger partial charge in [-0.15, -0.1) is 0 Å². The lowest BCUT2D eigenvalue weighted by atomic mass is 10.0. The van der Waals surface area contributed by atoms with E-state index in [1.165, 1.54) is 12.1 Å². The highest BCUT2D eigenvalue weighted by atomic mass is 32.2. The molecule has 0 bridgehead atoms. The van der Waals surface area contributed by atoms with Crippen molar-refractivity contribution in [1.29, 1.82) is 0 Å². The van der Waals surface area contributed by atoms with E-state index in [9.17, 15) is 26.4 Å². The number of alkyl halides is 3. The second-order valence-corrected chi connectivity index (χ2v) is 13.9. The Morgan fingerprint density at radius 1 is 1.10 bits per heavy atom. The van der Waals surface area contributed by atoms with Gasteiger partial charge in [0.05, 0.1) is 22.8 Å². The number of sulfone groups is 1. The smallest absolute Gasteiger partial charge is 0.490 e. The fourth-order valence-electron chi connectivity index (χ4n) is 5.52. The number of benzene rings is 3. The Hall–Kier alpha value is -4.92. The summed E-state index contributed by atoms with van der Waals surface area (Å²) in [6.45, 7) is 5.91. The molecule has 1 aliphatic heterocycles. The molecule has 5 rings (SSSR count). The van der Waals surface area contributed by atoms with E-state index in [0.29, 0.717) is 48.8 Å². The van der Waals surface area contributed by atoms with E-state index in [4.69, 9.17) is 20.4 Å². The minimum absolute atomic E-state index is 0.133. The van der Waals surface area contributed by atoms with Crippen molar-refractivity contribution in [2.45, 2.75) is 62.0 Å². The highest BCUT2D eigenvalue weighted by molar-refractivity contribution is 7.92. The van der Waals surface area contributed by atoms with Gasteiger partial charge < -0.3 is 25.8 Å². The molecule has 4 aromatic rings. The van der Waals surface area contributed by atoms with Gasteiger partial charge in [-0.3, -0.25) is 4.79 Å². The average Bonchev–Trinajstić information content (AvgIpc) is 3.54. The molecular formula is C34H36F4N4O6S. The van der Waals surface area contributed by atoms with Crippen LogP contribution in [0.25, 0.3) is 10.8 Å². The molecule has 1 fully saturated rings. The number of nitrogen functional groups attached to an aromatic ring is 1. The number of hydrogen-bond donors (Lipinski definition) is 3. The molecule has 1 saturated heterocycles. The number of nitrogens with two attached hydrogens (primary N) is 1. The van der Waals surface area contributed by atoms with Crippen molar-refractivity contribution >= 4 is 44.0 Å².